The number of carbonyl (C=O) groups is 1. The third kappa shape index (κ3) is 3.38. The van der Waals surface area contributed by atoms with Crippen molar-refractivity contribution in [3.05, 3.63) is 18.0 Å². The Labute approximate surface area is 77.7 Å². The highest BCUT2D eigenvalue weighted by Crippen LogP contribution is 1.99. The summed E-state index contributed by atoms with van der Waals surface area (Å²) in [6.07, 6.45) is 2.65. The molecule has 0 bridgehead atoms. The van der Waals surface area contributed by atoms with E-state index < -0.39 is 0 Å². The Kier molecular flexibility index (Phi) is 3.19. The molecule has 0 radical (unpaired) electrons. The molecule has 1 unspecified atom stereocenters. The van der Waals surface area contributed by atoms with Gasteiger partial charge in [0, 0.05) is 25.7 Å². The van der Waals surface area contributed by atoms with Gasteiger partial charge in [-0.05, 0) is 13.0 Å². The number of nitrogens with zero attached hydrogens (tertiary/aromatic N) is 2. The van der Waals surface area contributed by atoms with Crippen LogP contribution in [0.4, 0.5) is 0 Å². The fourth-order valence-electron chi connectivity index (χ4n) is 1.19. The molecule has 1 aromatic rings. The van der Waals surface area contributed by atoms with Crippen molar-refractivity contribution in [1.82, 2.24) is 9.78 Å². The number of ketones is 1. The largest absolute Gasteiger partial charge is 0.328 e. The zero-order chi connectivity index (χ0) is 9.84. The number of nitrogens with two attached hydrogens (primary N) is 1. The molecule has 1 aromatic heterocycles. The minimum atomic E-state index is -0.0591. The van der Waals surface area contributed by atoms with Crippen LogP contribution in [0.25, 0.3) is 0 Å². The molecule has 0 aliphatic rings. The second kappa shape index (κ2) is 4.18. The number of rotatable bonds is 4. The Hall–Kier alpha value is -1.16. The van der Waals surface area contributed by atoms with Crippen molar-refractivity contribution in [3.63, 3.8) is 0 Å². The Morgan fingerprint density at radius 2 is 2.46 bits per heavy atom. The van der Waals surface area contributed by atoms with Gasteiger partial charge >= 0.3 is 0 Å². The molecule has 0 aromatic carbocycles. The van der Waals surface area contributed by atoms with Gasteiger partial charge < -0.3 is 5.73 Å². The van der Waals surface area contributed by atoms with Gasteiger partial charge in [0.25, 0.3) is 0 Å². The summed E-state index contributed by atoms with van der Waals surface area (Å²) in [4.78, 5) is 11.3. The average Bonchev–Trinajstić information content (AvgIpc) is 2.33. The number of aryl methyl sites for hydroxylation is 1. The van der Waals surface area contributed by atoms with Gasteiger partial charge in [0.1, 0.15) is 5.78 Å². The molecule has 0 saturated carbocycles. The first-order valence-electron chi connectivity index (χ1n) is 4.33. The van der Waals surface area contributed by atoms with Gasteiger partial charge in [0.15, 0.2) is 0 Å². The molecule has 1 heterocycles. The lowest BCUT2D eigenvalue weighted by molar-refractivity contribution is -0.118. The van der Waals surface area contributed by atoms with E-state index in [0.717, 1.165) is 5.69 Å². The third-order valence-corrected chi connectivity index (χ3v) is 1.70. The molecular formula is C9H15N3O. The van der Waals surface area contributed by atoms with Crippen LogP contribution in [0.2, 0.25) is 0 Å². The molecule has 4 heteroatoms. The number of aromatic nitrogens is 2. The monoisotopic (exact) mass is 181 g/mol. The lowest BCUT2D eigenvalue weighted by Gasteiger charge is -2.01. The molecule has 1 atom stereocenters. The predicted octanol–water partition coefficient (Wildman–Crippen LogP) is 0.269. The first-order valence-corrected chi connectivity index (χ1v) is 4.33. The maximum atomic E-state index is 11.3. The lowest BCUT2D eigenvalue weighted by atomic mass is 10.1. The van der Waals surface area contributed by atoms with Gasteiger partial charge in [-0.2, -0.15) is 5.10 Å². The van der Waals surface area contributed by atoms with Gasteiger partial charge in [-0.15, -0.1) is 0 Å². The Balaban J connectivity index is 2.45. The van der Waals surface area contributed by atoms with Crippen molar-refractivity contribution in [3.8, 4) is 0 Å². The fourth-order valence-corrected chi connectivity index (χ4v) is 1.19. The van der Waals surface area contributed by atoms with E-state index in [1.165, 1.54) is 0 Å². The fraction of sp³-hybridized carbons (Fsp3) is 0.556. The molecule has 0 saturated heterocycles. The van der Waals surface area contributed by atoms with E-state index in [9.17, 15) is 4.79 Å². The molecule has 0 spiro atoms. The van der Waals surface area contributed by atoms with Crippen LogP contribution in [0.5, 0.6) is 0 Å². The zero-order valence-corrected chi connectivity index (χ0v) is 8.03. The molecule has 0 amide bonds. The maximum Gasteiger partial charge on any atom is 0.140 e. The van der Waals surface area contributed by atoms with Gasteiger partial charge in [0.2, 0.25) is 0 Å². The lowest BCUT2D eigenvalue weighted by Crippen LogP contribution is -2.20. The van der Waals surface area contributed by atoms with E-state index in [1.54, 1.807) is 4.68 Å². The van der Waals surface area contributed by atoms with Crippen molar-refractivity contribution in [2.45, 2.75) is 25.8 Å². The highest BCUT2D eigenvalue weighted by molar-refractivity contribution is 5.80. The summed E-state index contributed by atoms with van der Waals surface area (Å²) >= 11 is 0. The van der Waals surface area contributed by atoms with Crippen LogP contribution in [0.3, 0.4) is 0 Å². The summed E-state index contributed by atoms with van der Waals surface area (Å²) in [5.41, 5.74) is 6.32. The summed E-state index contributed by atoms with van der Waals surface area (Å²) in [6, 6.07) is 1.79. The van der Waals surface area contributed by atoms with Crippen molar-refractivity contribution in [2.75, 3.05) is 0 Å². The minimum absolute atomic E-state index is 0.0591. The van der Waals surface area contributed by atoms with Gasteiger partial charge in [-0.25, -0.2) is 0 Å². The highest BCUT2D eigenvalue weighted by Gasteiger charge is 2.07. The molecule has 0 aliphatic heterocycles. The Bertz CT molecular complexity index is 291. The zero-order valence-electron chi connectivity index (χ0n) is 8.03. The molecule has 2 N–H and O–H groups in total. The van der Waals surface area contributed by atoms with Crippen molar-refractivity contribution in [2.24, 2.45) is 12.8 Å². The van der Waals surface area contributed by atoms with E-state index in [-0.39, 0.29) is 11.8 Å². The van der Waals surface area contributed by atoms with E-state index >= 15 is 0 Å². The molecule has 72 valence electrons. The first kappa shape index (κ1) is 9.92. The Morgan fingerprint density at radius 3 is 2.92 bits per heavy atom. The van der Waals surface area contributed by atoms with Crippen LogP contribution >= 0.6 is 0 Å². The van der Waals surface area contributed by atoms with E-state index in [4.69, 9.17) is 5.73 Å². The number of carbonyl (C=O) groups excluding carboxylic acids is 1. The van der Waals surface area contributed by atoms with E-state index in [2.05, 4.69) is 5.10 Å². The minimum Gasteiger partial charge on any atom is -0.328 e. The van der Waals surface area contributed by atoms with E-state index in [0.29, 0.717) is 12.8 Å². The number of hydrogen-bond donors (Lipinski definition) is 1. The average molecular weight is 181 g/mol. The van der Waals surface area contributed by atoms with Crippen LogP contribution in [-0.4, -0.2) is 21.6 Å². The second-order valence-corrected chi connectivity index (χ2v) is 3.38. The van der Waals surface area contributed by atoms with Crippen LogP contribution in [0.15, 0.2) is 12.3 Å². The Morgan fingerprint density at radius 1 is 1.77 bits per heavy atom. The summed E-state index contributed by atoms with van der Waals surface area (Å²) in [5.74, 6) is 0.147. The van der Waals surface area contributed by atoms with Gasteiger partial charge in [-0.3, -0.25) is 9.48 Å². The van der Waals surface area contributed by atoms with Crippen molar-refractivity contribution >= 4 is 5.78 Å². The molecule has 13 heavy (non-hydrogen) atoms. The molecular weight excluding hydrogens is 166 g/mol. The number of Topliss-reactive ketones (excluding diaryl/α,β-unsaturated/α-hetero) is 1. The van der Waals surface area contributed by atoms with Crippen molar-refractivity contribution in [1.29, 1.82) is 0 Å². The van der Waals surface area contributed by atoms with Crippen LogP contribution in [0, 0.1) is 0 Å². The van der Waals surface area contributed by atoms with E-state index in [1.807, 2.05) is 26.2 Å². The van der Waals surface area contributed by atoms with Crippen LogP contribution in [0.1, 0.15) is 19.0 Å². The normalized spacial score (nSPS) is 12.8. The third-order valence-electron chi connectivity index (χ3n) is 1.70. The van der Waals surface area contributed by atoms with Crippen molar-refractivity contribution < 1.29 is 4.79 Å². The summed E-state index contributed by atoms with van der Waals surface area (Å²) in [7, 11) is 1.83. The second-order valence-electron chi connectivity index (χ2n) is 3.38. The maximum absolute atomic E-state index is 11.3. The molecule has 1 rings (SSSR count). The quantitative estimate of drug-likeness (QED) is 0.725. The first-order chi connectivity index (χ1) is 6.08. The molecule has 0 fully saturated rings. The smallest absolute Gasteiger partial charge is 0.140 e. The van der Waals surface area contributed by atoms with Crippen LogP contribution in [-0.2, 0) is 18.3 Å². The molecule has 0 aliphatic carbocycles. The van der Waals surface area contributed by atoms with Gasteiger partial charge in [0.05, 0.1) is 12.1 Å². The summed E-state index contributed by atoms with van der Waals surface area (Å²) in [6.45, 7) is 1.83. The predicted molar refractivity (Wildman–Crippen MR) is 50.2 cm³/mol. The van der Waals surface area contributed by atoms with Gasteiger partial charge in [-0.1, -0.05) is 0 Å². The SMILES string of the molecule is CC(N)CC(=O)Cc1ccn(C)n1. The number of hydrogen-bond acceptors (Lipinski definition) is 3. The summed E-state index contributed by atoms with van der Waals surface area (Å²) < 4.78 is 1.69. The highest BCUT2D eigenvalue weighted by atomic mass is 16.1. The molecule has 4 nitrogen and oxygen atoms in total. The van der Waals surface area contributed by atoms with Crippen LogP contribution < -0.4 is 5.73 Å². The summed E-state index contributed by atoms with van der Waals surface area (Å²) in [5, 5.41) is 4.11. The standard InChI is InChI=1S/C9H15N3O/c1-7(10)5-9(13)6-8-3-4-12(2)11-8/h3-4,7H,5-6,10H2,1-2H3. The topological polar surface area (TPSA) is 60.9 Å².